The molecule has 0 saturated heterocycles. The smallest absolute Gasteiger partial charge is 0.253 e. The van der Waals surface area contributed by atoms with E-state index in [0.717, 1.165) is 11.1 Å². The summed E-state index contributed by atoms with van der Waals surface area (Å²) in [6, 6.07) is 25.2. The van der Waals surface area contributed by atoms with Crippen LogP contribution in [0.1, 0.15) is 33.1 Å². The lowest BCUT2D eigenvalue weighted by atomic mass is 9.98. The fourth-order valence-corrected chi connectivity index (χ4v) is 3.19. The third kappa shape index (κ3) is 5.55. The number of rotatable bonds is 7. The van der Waals surface area contributed by atoms with Crippen LogP contribution in [0.2, 0.25) is 0 Å². The molecule has 0 aliphatic heterocycles. The van der Waals surface area contributed by atoms with E-state index in [9.17, 15) is 9.59 Å². The van der Waals surface area contributed by atoms with Gasteiger partial charge in [-0.2, -0.15) is 0 Å². The summed E-state index contributed by atoms with van der Waals surface area (Å²) in [5.41, 5.74) is 4.63. The van der Waals surface area contributed by atoms with Crippen LogP contribution in [-0.2, 0) is 4.79 Å². The first kappa shape index (κ1) is 21.3. The van der Waals surface area contributed by atoms with Crippen molar-refractivity contribution in [3.8, 4) is 0 Å². The Balaban J connectivity index is 1.66. The minimum Gasteiger partial charge on any atom is -0.345 e. The van der Waals surface area contributed by atoms with Crippen molar-refractivity contribution in [2.45, 2.75) is 13.0 Å². The van der Waals surface area contributed by atoms with Crippen molar-refractivity contribution in [3.63, 3.8) is 0 Å². The number of nitrogens with one attached hydrogen (secondary N) is 2. The molecule has 0 saturated carbocycles. The number of benzene rings is 3. The molecule has 0 spiro atoms. The van der Waals surface area contributed by atoms with Crippen molar-refractivity contribution in [2.24, 2.45) is 0 Å². The maximum atomic E-state index is 12.5. The molecule has 0 fully saturated rings. The maximum Gasteiger partial charge on any atom is 0.253 e. The average molecular weight is 402 g/mol. The molecule has 0 aliphatic carbocycles. The minimum atomic E-state index is -0.144. The van der Waals surface area contributed by atoms with Gasteiger partial charge in [-0.15, -0.1) is 0 Å². The molecule has 2 amide bonds. The number of hydrogen-bond acceptors (Lipinski definition) is 3. The van der Waals surface area contributed by atoms with Crippen LogP contribution >= 0.6 is 0 Å². The Morgan fingerprint density at radius 2 is 1.43 bits per heavy atom. The molecule has 0 aliphatic rings. The first-order valence-electron chi connectivity index (χ1n) is 9.90. The number of aryl methyl sites for hydroxylation is 1. The molecule has 1 atom stereocenters. The van der Waals surface area contributed by atoms with Crippen molar-refractivity contribution in [1.29, 1.82) is 0 Å². The third-order valence-electron chi connectivity index (χ3n) is 4.83. The van der Waals surface area contributed by atoms with Gasteiger partial charge in [0.2, 0.25) is 5.91 Å². The van der Waals surface area contributed by atoms with Crippen LogP contribution in [-0.4, -0.2) is 37.4 Å². The molecule has 0 unspecified atom stereocenters. The molecule has 0 aromatic heterocycles. The second kappa shape index (κ2) is 9.85. The van der Waals surface area contributed by atoms with Crippen LogP contribution in [0.5, 0.6) is 0 Å². The van der Waals surface area contributed by atoms with Crippen LogP contribution in [0.15, 0.2) is 78.9 Å². The summed E-state index contributed by atoms with van der Waals surface area (Å²) in [4.78, 5) is 26.0. The van der Waals surface area contributed by atoms with Gasteiger partial charge >= 0.3 is 0 Å². The van der Waals surface area contributed by atoms with Crippen LogP contribution in [0.4, 0.5) is 5.69 Å². The lowest BCUT2D eigenvalue weighted by Gasteiger charge is -2.20. The molecule has 2 N–H and O–H groups in total. The standard InChI is InChI=1S/C25H27N3O2/c1-18-9-11-20(12-10-18)24(19-7-5-4-6-8-19)26-17-23(29)27-22-15-13-21(14-16-22)25(30)28(2)3/h4-16,24,26H,17H2,1-3H3,(H,27,29)/t24-/m0/s1. The van der Waals surface area contributed by atoms with Crippen molar-refractivity contribution in [1.82, 2.24) is 10.2 Å². The van der Waals surface area contributed by atoms with Gasteiger partial charge in [-0.05, 0) is 42.3 Å². The van der Waals surface area contributed by atoms with E-state index in [0.29, 0.717) is 11.3 Å². The van der Waals surface area contributed by atoms with Crippen LogP contribution < -0.4 is 10.6 Å². The van der Waals surface area contributed by atoms with Gasteiger partial charge in [0.15, 0.2) is 0 Å². The van der Waals surface area contributed by atoms with Crippen molar-refractivity contribution >= 4 is 17.5 Å². The normalized spacial score (nSPS) is 11.6. The van der Waals surface area contributed by atoms with Gasteiger partial charge in [-0.1, -0.05) is 60.2 Å². The molecular formula is C25H27N3O2. The van der Waals surface area contributed by atoms with Gasteiger partial charge in [-0.25, -0.2) is 0 Å². The zero-order chi connectivity index (χ0) is 21.5. The van der Waals surface area contributed by atoms with E-state index in [2.05, 4.69) is 54.0 Å². The van der Waals surface area contributed by atoms with E-state index in [-0.39, 0.29) is 24.4 Å². The van der Waals surface area contributed by atoms with E-state index in [1.54, 1.807) is 38.4 Å². The number of carbonyl (C=O) groups excluding carboxylic acids is 2. The fourth-order valence-electron chi connectivity index (χ4n) is 3.19. The average Bonchev–Trinajstić information content (AvgIpc) is 2.76. The largest absolute Gasteiger partial charge is 0.345 e. The highest BCUT2D eigenvalue weighted by atomic mass is 16.2. The zero-order valence-electron chi connectivity index (χ0n) is 17.6. The Morgan fingerprint density at radius 1 is 0.833 bits per heavy atom. The van der Waals surface area contributed by atoms with Gasteiger partial charge in [0.25, 0.3) is 5.91 Å². The summed E-state index contributed by atoms with van der Waals surface area (Å²) < 4.78 is 0. The van der Waals surface area contributed by atoms with E-state index in [1.807, 2.05) is 18.2 Å². The summed E-state index contributed by atoms with van der Waals surface area (Å²) in [5.74, 6) is -0.215. The molecule has 3 aromatic rings. The molecule has 3 aromatic carbocycles. The molecular weight excluding hydrogens is 374 g/mol. The lowest BCUT2D eigenvalue weighted by molar-refractivity contribution is -0.115. The number of carbonyl (C=O) groups is 2. The topological polar surface area (TPSA) is 61.4 Å². The Kier molecular flexibility index (Phi) is 6.99. The predicted octanol–water partition coefficient (Wildman–Crippen LogP) is 4.01. The quantitative estimate of drug-likeness (QED) is 0.629. The molecule has 0 heterocycles. The van der Waals surface area contributed by atoms with Gasteiger partial charge in [0.1, 0.15) is 0 Å². The number of anilines is 1. The summed E-state index contributed by atoms with van der Waals surface area (Å²) in [7, 11) is 3.42. The van der Waals surface area contributed by atoms with E-state index in [1.165, 1.54) is 10.5 Å². The van der Waals surface area contributed by atoms with Crippen LogP contribution in [0.3, 0.4) is 0 Å². The third-order valence-corrected chi connectivity index (χ3v) is 4.83. The Morgan fingerprint density at radius 3 is 2.03 bits per heavy atom. The molecule has 0 radical (unpaired) electrons. The van der Waals surface area contributed by atoms with Crippen molar-refractivity contribution < 1.29 is 9.59 Å². The second-order valence-corrected chi connectivity index (χ2v) is 7.46. The fraction of sp³-hybridized carbons (Fsp3) is 0.200. The van der Waals surface area contributed by atoms with E-state index >= 15 is 0 Å². The van der Waals surface area contributed by atoms with Crippen LogP contribution in [0.25, 0.3) is 0 Å². The summed E-state index contributed by atoms with van der Waals surface area (Å²) in [6.07, 6.45) is 0. The molecule has 0 bridgehead atoms. The summed E-state index contributed by atoms with van der Waals surface area (Å²) in [6.45, 7) is 2.21. The van der Waals surface area contributed by atoms with Crippen molar-refractivity contribution in [3.05, 3.63) is 101 Å². The van der Waals surface area contributed by atoms with Gasteiger partial charge in [0, 0.05) is 25.3 Å². The highest BCUT2D eigenvalue weighted by Gasteiger charge is 2.15. The molecule has 5 heteroatoms. The second-order valence-electron chi connectivity index (χ2n) is 7.46. The lowest BCUT2D eigenvalue weighted by Crippen LogP contribution is -2.32. The highest BCUT2D eigenvalue weighted by Crippen LogP contribution is 2.22. The molecule has 3 rings (SSSR count). The Hall–Kier alpha value is -3.44. The zero-order valence-corrected chi connectivity index (χ0v) is 17.6. The highest BCUT2D eigenvalue weighted by molar-refractivity contribution is 5.96. The van der Waals surface area contributed by atoms with Gasteiger partial charge < -0.3 is 10.2 Å². The summed E-state index contributed by atoms with van der Waals surface area (Å²) >= 11 is 0. The first-order chi connectivity index (χ1) is 14.4. The SMILES string of the molecule is Cc1ccc([C@@H](NCC(=O)Nc2ccc(C(=O)N(C)C)cc2)c2ccccc2)cc1. The predicted molar refractivity (Wildman–Crippen MR) is 121 cm³/mol. The molecule has 5 nitrogen and oxygen atoms in total. The number of amides is 2. The van der Waals surface area contributed by atoms with Crippen LogP contribution in [0, 0.1) is 6.92 Å². The van der Waals surface area contributed by atoms with E-state index < -0.39 is 0 Å². The van der Waals surface area contributed by atoms with Crippen molar-refractivity contribution in [2.75, 3.05) is 26.0 Å². The van der Waals surface area contributed by atoms with Gasteiger partial charge in [-0.3, -0.25) is 14.9 Å². The Bertz CT molecular complexity index is 981. The molecule has 30 heavy (non-hydrogen) atoms. The monoisotopic (exact) mass is 401 g/mol. The first-order valence-corrected chi connectivity index (χ1v) is 9.90. The summed E-state index contributed by atoms with van der Waals surface area (Å²) in [5, 5.41) is 6.24. The number of hydrogen-bond donors (Lipinski definition) is 2. The van der Waals surface area contributed by atoms with E-state index in [4.69, 9.17) is 0 Å². The maximum absolute atomic E-state index is 12.5. The molecule has 154 valence electrons. The van der Waals surface area contributed by atoms with Gasteiger partial charge in [0.05, 0.1) is 12.6 Å². The Labute approximate surface area is 177 Å². The number of nitrogens with zero attached hydrogens (tertiary/aromatic N) is 1. The minimum absolute atomic E-state index is 0.0710.